The molecule has 2 rings (SSSR count). The second-order valence-corrected chi connectivity index (χ2v) is 6.67. The Labute approximate surface area is 133 Å². The first-order valence-electron chi connectivity index (χ1n) is 6.74. The van der Waals surface area contributed by atoms with Crippen molar-refractivity contribution >= 4 is 22.6 Å². The number of nitrogens with zero attached hydrogens (tertiary/aromatic N) is 1. The number of hydrogen-bond acceptors (Lipinski definition) is 2. The fraction of sp³-hybridized carbons (Fsp3) is 0.375. The van der Waals surface area contributed by atoms with Gasteiger partial charge < -0.3 is 4.98 Å². The molecule has 0 saturated heterocycles. The normalized spacial score (nSPS) is 11.1. The van der Waals surface area contributed by atoms with Gasteiger partial charge in [0, 0.05) is 5.56 Å². The van der Waals surface area contributed by atoms with Crippen LogP contribution in [0.4, 0.5) is 0 Å². The quantitative estimate of drug-likeness (QED) is 0.820. The second-order valence-electron chi connectivity index (χ2n) is 5.59. The van der Waals surface area contributed by atoms with Gasteiger partial charge in [0.2, 0.25) is 0 Å². The smallest absolute Gasteiger partial charge is 0.264 e. The van der Waals surface area contributed by atoms with E-state index in [0.29, 0.717) is 15.3 Å². The zero-order chi connectivity index (χ0) is 14.9. The Kier molecular flexibility index (Phi) is 4.62. The minimum absolute atomic E-state index is 0.0489. The molecule has 2 aromatic rings. The van der Waals surface area contributed by atoms with Gasteiger partial charge in [-0.15, -0.1) is 0 Å². The lowest BCUT2D eigenvalue weighted by Gasteiger charge is -2.11. The van der Waals surface area contributed by atoms with Crippen molar-refractivity contribution in [2.45, 2.75) is 34.1 Å². The highest BCUT2D eigenvalue weighted by Crippen LogP contribution is 2.22. The first kappa shape index (κ1) is 15.2. The summed E-state index contributed by atoms with van der Waals surface area (Å²) in [5.41, 5.74) is 4.13. The summed E-state index contributed by atoms with van der Waals surface area (Å²) in [5, 5.41) is 0. The Morgan fingerprint density at radius 1 is 1.30 bits per heavy atom. The number of nitrogens with one attached hydrogen (secondary N) is 1. The van der Waals surface area contributed by atoms with E-state index in [4.69, 9.17) is 0 Å². The third-order valence-electron chi connectivity index (χ3n) is 3.18. The van der Waals surface area contributed by atoms with Crippen molar-refractivity contribution in [3.05, 3.63) is 48.9 Å². The monoisotopic (exact) mass is 382 g/mol. The number of rotatable bonds is 3. The predicted octanol–water partition coefficient (Wildman–Crippen LogP) is 3.86. The van der Waals surface area contributed by atoms with Crippen LogP contribution in [0.25, 0.3) is 11.4 Å². The molecule has 0 bridgehead atoms. The summed E-state index contributed by atoms with van der Waals surface area (Å²) in [6.07, 6.45) is 0.820. The highest BCUT2D eigenvalue weighted by Gasteiger charge is 2.13. The van der Waals surface area contributed by atoms with E-state index in [1.54, 1.807) is 0 Å². The first-order valence-corrected chi connectivity index (χ1v) is 7.82. The molecule has 0 aliphatic carbocycles. The lowest BCUT2D eigenvalue weighted by Crippen LogP contribution is -2.17. The van der Waals surface area contributed by atoms with E-state index in [1.807, 2.05) is 13.8 Å². The van der Waals surface area contributed by atoms with Crippen molar-refractivity contribution in [3.8, 4) is 11.4 Å². The molecule has 1 N–H and O–H groups in total. The van der Waals surface area contributed by atoms with E-state index < -0.39 is 0 Å². The molecule has 0 aliphatic heterocycles. The molecule has 106 valence electrons. The summed E-state index contributed by atoms with van der Waals surface area (Å²) in [7, 11) is 0. The zero-order valence-electron chi connectivity index (χ0n) is 12.2. The fourth-order valence-corrected chi connectivity index (χ4v) is 2.62. The van der Waals surface area contributed by atoms with Crippen molar-refractivity contribution < 1.29 is 0 Å². The Morgan fingerprint density at radius 2 is 2.00 bits per heavy atom. The highest BCUT2D eigenvalue weighted by molar-refractivity contribution is 14.1. The van der Waals surface area contributed by atoms with E-state index in [2.05, 4.69) is 64.6 Å². The average molecular weight is 382 g/mol. The average Bonchev–Trinajstić information content (AvgIpc) is 2.37. The number of aryl methyl sites for hydroxylation is 2. The molecule has 0 fully saturated rings. The molecule has 0 radical (unpaired) electrons. The van der Waals surface area contributed by atoms with E-state index >= 15 is 0 Å². The van der Waals surface area contributed by atoms with Crippen LogP contribution >= 0.6 is 22.6 Å². The standard InChI is InChI=1S/C16H19IN2O/c1-9(2)7-13-14(17)16(20)19-15(18-13)12-8-10(3)5-6-11(12)4/h5-6,8-9H,7H2,1-4H3,(H,18,19,20). The summed E-state index contributed by atoms with van der Waals surface area (Å²) in [5.74, 6) is 1.15. The fourth-order valence-electron chi connectivity index (χ4n) is 2.15. The topological polar surface area (TPSA) is 45.8 Å². The largest absolute Gasteiger partial charge is 0.306 e. The molecular weight excluding hydrogens is 363 g/mol. The zero-order valence-corrected chi connectivity index (χ0v) is 14.4. The molecule has 1 aromatic carbocycles. The Bertz CT molecular complexity index is 689. The number of aromatic amines is 1. The maximum Gasteiger partial charge on any atom is 0.264 e. The molecule has 0 aliphatic rings. The van der Waals surface area contributed by atoms with Crippen LogP contribution in [-0.4, -0.2) is 9.97 Å². The summed E-state index contributed by atoms with van der Waals surface area (Å²) in [6.45, 7) is 8.35. The van der Waals surface area contributed by atoms with Crippen LogP contribution in [0, 0.1) is 23.3 Å². The van der Waals surface area contributed by atoms with Gasteiger partial charge >= 0.3 is 0 Å². The molecule has 0 spiro atoms. The third-order valence-corrected chi connectivity index (χ3v) is 4.29. The summed E-state index contributed by atoms with van der Waals surface area (Å²) >= 11 is 2.08. The van der Waals surface area contributed by atoms with Gasteiger partial charge in [0.15, 0.2) is 0 Å². The van der Waals surface area contributed by atoms with Gasteiger partial charge in [-0.3, -0.25) is 4.79 Å². The van der Waals surface area contributed by atoms with Crippen LogP contribution < -0.4 is 5.56 Å². The lowest BCUT2D eigenvalue weighted by atomic mass is 10.0. The van der Waals surface area contributed by atoms with Gasteiger partial charge in [-0.05, 0) is 60.4 Å². The summed E-state index contributed by atoms with van der Waals surface area (Å²) in [6, 6.07) is 6.20. The Morgan fingerprint density at radius 3 is 2.65 bits per heavy atom. The molecule has 0 saturated carbocycles. The molecule has 0 atom stereocenters. The summed E-state index contributed by atoms with van der Waals surface area (Å²) in [4.78, 5) is 19.7. The molecule has 20 heavy (non-hydrogen) atoms. The number of benzene rings is 1. The van der Waals surface area contributed by atoms with Crippen LogP contribution in [0.3, 0.4) is 0 Å². The van der Waals surface area contributed by atoms with Crippen molar-refractivity contribution in [2.24, 2.45) is 5.92 Å². The summed E-state index contributed by atoms with van der Waals surface area (Å²) < 4.78 is 0.699. The van der Waals surface area contributed by atoms with E-state index in [0.717, 1.165) is 28.8 Å². The van der Waals surface area contributed by atoms with E-state index in [-0.39, 0.29) is 5.56 Å². The third kappa shape index (κ3) is 3.29. The molecule has 4 heteroatoms. The van der Waals surface area contributed by atoms with Crippen LogP contribution in [0.15, 0.2) is 23.0 Å². The maximum atomic E-state index is 12.1. The van der Waals surface area contributed by atoms with Crippen molar-refractivity contribution in [2.75, 3.05) is 0 Å². The molecule has 0 amide bonds. The Hall–Kier alpha value is -1.17. The SMILES string of the molecule is Cc1ccc(C)c(-c2nc(CC(C)C)c(I)c(=O)[nH]2)c1. The van der Waals surface area contributed by atoms with Gasteiger partial charge in [-0.1, -0.05) is 31.5 Å². The van der Waals surface area contributed by atoms with Gasteiger partial charge in [0.25, 0.3) is 5.56 Å². The highest BCUT2D eigenvalue weighted by atomic mass is 127. The lowest BCUT2D eigenvalue weighted by molar-refractivity contribution is 0.631. The minimum atomic E-state index is -0.0489. The van der Waals surface area contributed by atoms with E-state index in [1.165, 1.54) is 0 Å². The van der Waals surface area contributed by atoms with Gasteiger partial charge in [-0.25, -0.2) is 4.98 Å². The van der Waals surface area contributed by atoms with Gasteiger partial charge in [0.1, 0.15) is 5.82 Å². The molecule has 1 heterocycles. The molecule has 1 aromatic heterocycles. The number of H-pyrrole nitrogens is 1. The van der Waals surface area contributed by atoms with Crippen molar-refractivity contribution in [1.82, 2.24) is 9.97 Å². The number of aromatic nitrogens is 2. The van der Waals surface area contributed by atoms with Crippen LogP contribution in [0.1, 0.15) is 30.7 Å². The van der Waals surface area contributed by atoms with E-state index in [9.17, 15) is 4.79 Å². The van der Waals surface area contributed by atoms with Crippen molar-refractivity contribution in [3.63, 3.8) is 0 Å². The number of hydrogen-bond donors (Lipinski definition) is 1. The first-order chi connectivity index (χ1) is 9.38. The van der Waals surface area contributed by atoms with Crippen LogP contribution in [0.5, 0.6) is 0 Å². The second kappa shape index (κ2) is 6.08. The molecule has 3 nitrogen and oxygen atoms in total. The van der Waals surface area contributed by atoms with Crippen LogP contribution in [-0.2, 0) is 6.42 Å². The van der Waals surface area contributed by atoms with Gasteiger partial charge in [-0.2, -0.15) is 0 Å². The number of halogens is 1. The predicted molar refractivity (Wildman–Crippen MR) is 91.0 cm³/mol. The minimum Gasteiger partial charge on any atom is -0.306 e. The molecule has 0 unspecified atom stereocenters. The maximum absolute atomic E-state index is 12.1. The Balaban J connectivity index is 2.60. The van der Waals surface area contributed by atoms with Gasteiger partial charge in [0.05, 0.1) is 9.26 Å². The van der Waals surface area contributed by atoms with Crippen molar-refractivity contribution in [1.29, 1.82) is 0 Å². The van der Waals surface area contributed by atoms with Crippen LogP contribution in [0.2, 0.25) is 0 Å². The molecular formula is C16H19IN2O.